The summed E-state index contributed by atoms with van der Waals surface area (Å²) in [6, 6.07) is -12.2. The molecule has 0 spiro atoms. The van der Waals surface area contributed by atoms with Gasteiger partial charge in [-0.15, -0.1) is 0 Å². The zero-order chi connectivity index (χ0) is 84.3. The summed E-state index contributed by atoms with van der Waals surface area (Å²) in [4.78, 5) is 244. The van der Waals surface area contributed by atoms with E-state index >= 15 is 28.8 Å². The lowest BCUT2D eigenvalue weighted by atomic mass is 10.0. The van der Waals surface area contributed by atoms with Crippen molar-refractivity contribution in [3.8, 4) is 0 Å². The molecule has 5 aliphatic rings. The molecule has 16 N–H and O–H groups in total. The molecule has 0 unspecified atom stereocenters. The number of allylic oxidation sites excluding steroid dienone is 2. The van der Waals surface area contributed by atoms with Crippen molar-refractivity contribution < 1.29 is 102 Å². The fourth-order valence-electron chi connectivity index (χ4n) is 14.6. The van der Waals surface area contributed by atoms with Gasteiger partial charge in [-0.1, -0.05) is 109 Å². The number of nitrogens with two attached hydrogens (primary N) is 1. The summed E-state index contributed by atoms with van der Waals surface area (Å²) in [5.41, 5.74) is 6.92. The van der Waals surface area contributed by atoms with E-state index in [2.05, 4.69) is 72.2 Å². The minimum atomic E-state index is -2.00. The van der Waals surface area contributed by atoms with Gasteiger partial charge >= 0.3 is 17.9 Å². The molecule has 3 fully saturated rings. The van der Waals surface area contributed by atoms with Crippen LogP contribution in [-0.4, -0.2) is 252 Å². The van der Waals surface area contributed by atoms with Crippen molar-refractivity contribution in [3.05, 3.63) is 47.5 Å². The number of benzene rings is 1. The van der Waals surface area contributed by atoms with Crippen LogP contribution < -0.4 is 58.9 Å². The van der Waals surface area contributed by atoms with Crippen molar-refractivity contribution in [1.82, 2.24) is 67.9 Å². The number of carboxylic acids is 3. The maximum Gasteiger partial charge on any atom is 0.305 e. The molecule has 2 bridgehead atoms. The smallest absolute Gasteiger partial charge is 0.305 e. The third-order valence-corrected chi connectivity index (χ3v) is 22.9. The summed E-state index contributed by atoms with van der Waals surface area (Å²) >= 11 is 2.17. The highest BCUT2D eigenvalue weighted by Gasteiger charge is 2.48. The van der Waals surface area contributed by atoms with E-state index in [0.717, 1.165) is 73.9 Å². The molecule has 0 aliphatic carbocycles. The number of fused-ring (bicyclic) bond motifs is 9. The molecule has 1 aromatic carbocycles. The summed E-state index contributed by atoms with van der Waals surface area (Å²) in [7, 11) is 0. The number of unbranched alkanes of at least 4 members (excludes halogenated alkanes) is 11. The average Bonchev–Trinajstić information content (AvgIpc) is 1.63. The van der Waals surface area contributed by atoms with Crippen molar-refractivity contribution in [1.29, 1.82) is 0 Å². The molecular formula is C78H118N14O21S2. The van der Waals surface area contributed by atoms with Gasteiger partial charge in [0.05, 0.1) is 19.1 Å². The van der Waals surface area contributed by atoms with Crippen molar-refractivity contribution >= 4 is 124 Å². The predicted molar refractivity (Wildman–Crippen MR) is 424 cm³/mol. The number of aliphatic carboxylic acids is 3. The molecule has 3 saturated heterocycles. The molecule has 5 heterocycles. The lowest BCUT2D eigenvalue weighted by Gasteiger charge is -2.34. The Balaban J connectivity index is 1.44. The Morgan fingerprint density at radius 1 is 0.522 bits per heavy atom. The number of carbonyl (C=O) groups excluding carboxylic acids is 14. The summed E-state index contributed by atoms with van der Waals surface area (Å²) in [6.45, 7) is 5.31. The monoisotopic (exact) mass is 1650 g/mol. The van der Waals surface area contributed by atoms with Crippen LogP contribution in [0.3, 0.4) is 0 Å². The first-order valence-electron chi connectivity index (χ1n) is 40.2. The molecule has 13 atom stereocenters. The van der Waals surface area contributed by atoms with E-state index in [-0.39, 0.29) is 99.4 Å². The zero-order valence-electron chi connectivity index (χ0n) is 66.3. The molecule has 35 nitrogen and oxygen atoms in total. The van der Waals surface area contributed by atoms with Crippen LogP contribution in [0.15, 0.2) is 36.4 Å². The van der Waals surface area contributed by atoms with E-state index in [4.69, 9.17) is 5.73 Å². The van der Waals surface area contributed by atoms with E-state index in [9.17, 15) is 73.2 Å². The Morgan fingerprint density at radius 2 is 1.00 bits per heavy atom. The number of aliphatic hydroxyl groups excluding tert-OH is 1. The minimum absolute atomic E-state index is 0.0196. The van der Waals surface area contributed by atoms with E-state index in [1.165, 1.54) is 48.3 Å². The van der Waals surface area contributed by atoms with Crippen molar-refractivity contribution in [2.45, 2.75) is 291 Å². The van der Waals surface area contributed by atoms with Crippen LogP contribution >= 0.6 is 23.5 Å². The molecule has 5 aliphatic heterocycles. The molecular weight excluding hydrogens is 1530 g/mol. The van der Waals surface area contributed by atoms with Crippen LogP contribution in [0.1, 0.15) is 212 Å². The first kappa shape index (κ1) is 94.5. The summed E-state index contributed by atoms with van der Waals surface area (Å²) in [5.74, 6) is -19.1. The Morgan fingerprint density at radius 3 is 1.53 bits per heavy atom. The molecule has 0 radical (unpaired) electrons. The maximum absolute atomic E-state index is 15.5. The molecule has 1 aromatic rings. The second-order valence-corrected chi connectivity index (χ2v) is 32.6. The molecule has 37 heteroatoms. The van der Waals surface area contributed by atoms with Crippen molar-refractivity contribution in [3.63, 3.8) is 0 Å². The van der Waals surface area contributed by atoms with E-state index in [0.29, 0.717) is 17.5 Å². The highest BCUT2D eigenvalue weighted by Crippen LogP contribution is 2.30. The van der Waals surface area contributed by atoms with Crippen molar-refractivity contribution in [2.75, 3.05) is 37.7 Å². The highest BCUT2D eigenvalue weighted by molar-refractivity contribution is 7.99. The van der Waals surface area contributed by atoms with Gasteiger partial charge in [0.25, 0.3) is 0 Å². The van der Waals surface area contributed by atoms with Crippen LogP contribution in [-0.2, 0) is 93.0 Å². The topological polar surface area (TPSA) is 527 Å². The number of nitrogens with one attached hydrogen (secondary N) is 10. The first-order valence-corrected chi connectivity index (χ1v) is 42.6. The van der Waals surface area contributed by atoms with Gasteiger partial charge in [0.15, 0.2) is 0 Å². The number of carboxylic acid groups (broad SMARTS) is 3. The standard InChI is InChI=1S/C78H118N14O21S2/c1-5-6-7-8-9-10-11-12-13-14-15-16-17-18-19-28-62(95)81-50-38-60-74(109)84-52(29-32-61(79)94)69(104)88-57-45-115-43-49-25-21-20-24-48(49)42-114-44-56(71(106)85-54(37-46(2)3)76(111)91-36-23-27-59(91)78(113)92(60)41-50)87-68(103)51(30-33-64(97)98)82-63(96)40-80-75(110)67(47(4)93)89-70(105)53(31-34-65(99)100)83-73(108)58-26-22-35-90(58)77(112)55(39-66(101)102)86-72(57)107/h12-13,20-21,24-25,46-47,50-60,67,93H,5-11,14-19,22-23,26-45H2,1-4H3,(H2,79,94)(H,80,110)(H,81,95)(H,82,96)(H,83,108)(H,84,109)(H,85,106)(H,86,107)(H,87,103)(H,88,104)(H,89,105)(H,97,98)(H,99,100)(H,101,102)/b13-12+/t47-,50+,51+,52+,53+,54+,55-,56+,57+,58+,59-,60+,67+/m1/s1. The van der Waals surface area contributed by atoms with Gasteiger partial charge in [0, 0.05) is 74.4 Å². The van der Waals surface area contributed by atoms with Gasteiger partial charge in [-0.3, -0.25) is 81.5 Å². The number of thioether (sulfide) groups is 2. The Labute approximate surface area is 678 Å². The van der Waals surface area contributed by atoms with Crippen LogP contribution in [0.5, 0.6) is 0 Å². The lowest BCUT2D eigenvalue weighted by molar-refractivity contribution is -0.148. The van der Waals surface area contributed by atoms with Gasteiger partial charge in [-0.25, -0.2) is 0 Å². The SMILES string of the molecule is CCCCCCCC/C=C/CCCCCCCC(=O)N[C@H]1C[C@H]2C(=O)N[C@@H](CCC(N)=O)C(=O)N[C@H]3CSCc4ccccc4CSC[C@H](NC(=O)[C@H](CCC(=O)O)NC(=O)CNC(=O)[C@H]([C@@H](C)O)NC(=O)[C@H](CCC(=O)O)NC(=O)[C@@H]4CCCN4C(=O)[C@@H](CC(=O)O)NC3=O)C(=O)N[C@@H](CC(C)C)C(=O)N3CCC[C@@H]3C(=O)N2C1. The fourth-order valence-corrected chi connectivity index (χ4v) is 16.7. The Bertz CT molecular complexity index is 3610. The molecule has 6 rings (SSSR count). The van der Waals surface area contributed by atoms with Gasteiger partial charge in [-0.2, -0.15) is 23.5 Å². The van der Waals surface area contributed by atoms with Crippen LogP contribution in [0, 0.1) is 5.92 Å². The van der Waals surface area contributed by atoms with Crippen molar-refractivity contribution in [2.24, 2.45) is 11.7 Å². The highest BCUT2D eigenvalue weighted by atomic mass is 32.2. The molecule has 638 valence electrons. The summed E-state index contributed by atoms with van der Waals surface area (Å²) in [5, 5.41) is 66.1. The van der Waals surface area contributed by atoms with Gasteiger partial charge in [-0.05, 0) is 114 Å². The number of rotatable bonds is 30. The van der Waals surface area contributed by atoms with Gasteiger partial charge < -0.3 is 94.0 Å². The number of nitrogens with zero attached hydrogens (tertiary/aromatic N) is 3. The lowest BCUT2D eigenvalue weighted by Crippen LogP contribution is -2.61. The molecule has 0 aromatic heterocycles. The Kier molecular flexibility index (Phi) is 40.1. The van der Waals surface area contributed by atoms with E-state index in [1.807, 2.05) is 0 Å². The first-order chi connectivity index (χ1) is 54.8. The number of amides is 14. The number of hydrogen-bond donors (Lipinski definition) is 15. The second kappa shape index (κ2) is 48.9. The normalized spacial score (nSPS) is 25.6. The fraction of sp³-hybridized carbons (Fsp3) is 0.679. The quantitative estimate of drug-likeness (QED) is 0.0380. The molecule has 14 amide bonds. The third kappa shape index (κ3) is 31.6. The maximum atomic E-state index is 15.5. The molecule has 115 heavy (non-hydrogen) atoms. The van der Waals surface area contributed by atoms with Gasteiger partial charge in [0.1, 0.15) is 66.5 Å². The predicted octanol–water partition coefficient (Wildman–Crippen LogP) is 1.18. The van der Waals surface area contributed by atoms with E-state index < -0.39 is 225 Å². The number of hydrogen-bond acceptors (Lipinski definition) is 20. The zero-order valence-corrected chi connectivity index (χ0v) is 67.9. The number of aliphatic hydroxyl groups is 1. The minimum Gasteiger partial charge on any atom is -0.481 e. The van der Waals surface area contributed by atoms with E-state index in [1.54, 1.807) is 38.1 Å². The average molecular weight is 1650 g/mol. The Hall–Kier alpha value is -9.39. The van der Waals surface area contributed by atoms with Crippen LogP contribution in [0.25, 0.3) is 0 Å². The van der Waals surface area contributed by atoms with Crippen LogP contribution in [0.2, 0.25) is 0 Å². The largest absolute Gasteiger partial charge is 0.481 e. The second-order valence-electron chi connectivity index (χ2n) is 30.5. The van der Waals surface area contributed by atoms with Gasteiger partial charge in [0.2, 0.25) is 82.7 Å². The number of primary amides is 1. The summed E-state index contributed by atoms with van der Waals surface area (Å²) in [6.07, 6.45) is 11.5. The summed E-state index contributed by atoms with van der Waals surface area (Å²) < 4.78 is 0. The number of carbonyl (C=O) groups is 17. The van der Waals surface area contributed by atoms with Crippen LogP contribution in [0.4, 0.5) is 0 Å². The third-order valence-electron chi connectivity index (χ3n) is 20.7. The molecule has 0 saturated carbocycles.